The Kier molecular flexibility index (Phi) is 3.85. The highest BCUT2D eigenvalue weighted by Crippen LogP contribution is 2.18. The van der Waals surface area contributed by atoms with Gasteiger partial charge in [0.2, 0.25) is 0 Å². The molecule has 2 aromatic rings. The number of aryl methyl sites for hydroxylation is 2. The molecule has 1 aromatic carbocycles. The normalized spacial score (nSPS) is 11.7. The van der Waals surface area contributed by atoms with Gasteiger partial charge < -0.3 is 0 Å². The first-order valence-corrected chi connectivity index (χ1v) is 7.76. The Morgan fingerprint density at radius 1 is 1.17 bits per heavy atom. The molecule has 0 atom stereocenters. The van der Waals surface area contributed by atoms with Gasteiger partial charge in [0, 0.05) is 4.88 Å². The van der Waals surface area contributed by atoms with Crippen LogP contribution in [0.3, 0.4) is 0 Å². The second-order valence-electron chi connectivity index (χ2n) is 4.09. The molecule has 3 nitrogen and oxygen atoms in total. The predicted molar refractivity (Wildman–Crippen MR) is 72.2 cm³/mol. The van der Waals surface area contributed by atoms with Gasteiger partial charge in [-0.1, -0.05) is 17.7 Å². The molecule has 0 radical (unpaired) electrons. The quantitative estimate of drug-likeness (QED) is 0.808. The van der Waals surface area contributed by atoms with Crippen LogP contribution in [0.4, 0.5) is 0 Å². The fourth-order valence-electron chi connectivity index (χ4n) is 1.49. The predicted octanol–water partition coefficient (Wildman–Crippen LogP) is 3.27. The average Bonchev–Trinajstić information content (AvgIpc) is 2.73. The fraction of sp³-hybridized carbons (Fsp3) is 0.231. The van der Waals surface area contributed by atoms with Crippen molar-refractivity contribution in [3.05, 3.63) is 51.7 Å². The summed E-state index contributed by atoms with van der Waals surface area (Å²) in [5.41, 5.74) is 1.90. The highest BCUT2D eigenvalue weighted by molar-refractivity contribution is 7.86. The number of benzene rings is 1. The highest BCUT2D eigenvalue weighted by atomic mass is 32.2. The minimum Gasteiger partial charge on any atom is -0.262 e. The molecule has 0 amide bonds. The second-order valence-corrected chi connectivity index (χ2v) is 6.83. The van der Waals surface area contributed by atoms with Gasteiger partial charge in [0.05, 0.1) is 11.5 Å². The van der Waals surface area contributed by atoms with Crippen molar-refractivity contribution >= 4 is 21.5 Å². The molecule has 5 heteroatoms. The zero-order valence-corrected chi connectivity index (χ0v) is 11.8. The van der Waals surface area contributed by atoms with E-state index in [1.807, 2.05) is 25.3 Å². The molecule has 0 spiro atoms. The van der Waals surface area contributed by atoms with E-state index in [1.165, 1.54) is 0 Å². The summed E-state index contributed by atoms with van der Waals surface area (Å²) in [5.74, 6) is 0. The molecule has 0 saturated heterocycles. The third-order valence-electron chi connectivity index (χ3n) is 2.48. The topological polar surface area (TPSA) is 43.4 Å². The van der Waals surface area contributed by atoms with Crippen molar-refractivity contribution in [3.8, 4) is 0 Å². The van der Waals surface area contributed by atoms with Crippen LogP contribution < -0.4 is 0 Å². The van der Waals surface area contributed by atoms with Crippen molar-refractivity contribution < 1.29 is 12.6 Å². The number of hydrogen-bond acceptors (Lipinski definition) is 4. The van der Waals surface area contributed by atoms with Gasteiger partial charge in [-0.3, -0.25) is 4.18 Å². The van der Waals surface area contributed by atoms with Gasteiger partial charge in [-0.05, 0) is 43.0 Å². The number of thiophene rings is 1. The summed E-state index contributed by atoms with van der Waals surface area (Å²) >= 11 is 1.58. The molecule has 0 aliphatic heterocycles. The van der Waals surface area contributed by atoms with Gasteiger partial charge in [0.15, 0.2) is 0 Å². The van der Waals surface area contributed by atoms with E-state index in [1.54, 1.807) is 35.6 Å². The van der Waals surface area contributed by atoms with Crippen LogP contribution in [-0.2, 0) is 20.9 Å². The molecular formula is C13H14O3S2. The Bertz CT molecular complexity index is 625. The first kappa shape index (κ1) is 13.3. The van der Waals surface area contributed by atoms with Gasteiger partial charge in [0.25, 0.3) is 10.1 Å². The SMILES string of the molecule is Cc1ccc(S(=O)(=O)OCc2csc(C)c2)cc1. The third-order valence-corrected chi connectivity index (χ3v) is 4.66. The molecule has 0 N–H and O–H groups in total. The summed E-state index contributed by atoms with van der Waals surface area (Å²) in [6.45, 7) is 3.97. The van der Waals surface area contributed by atoms with Crippen LogP contribution in [0.5, 0.6) is 0 Å². The summed E-state index contributed by atoms with van der Waals surface area (Å²) in [4.78, 5) is 1.33. The fourth-order valence-corrected chi connectivity index (χ4v) is 3.08. The Labute approximate surface area is 111 Å². The lowest BCUT2D eigenvalue weighted by Gasteiger charge is -2.04. The lowest BCUT2D eigenvalue weighted by molar-refractivity contribution is 0.308. The molecule has 1 heterocycles. The molecule has 1 aromatic heterocycles. The van der Waals surface area contributed by atoms with E-state index in [9.17, 15) is 8.42 Å². The van der Waals surface area contributed by atoms with E-state index >= 15 is 0 Å². The molecule has 0 saturated carbocycles. The first-order valence-electron chi connectivity index (χ1n) is 5.47. The molecule has 0 aliphatic rings. The summed E-state index contributed by atoms with van der Waals surface area (Å²) in [6, 6.07) is 8.55. The Balaban J connectivity index is 2.10. The summed E-state index contributed by atoms with van der Waals surface area (Å²) in [6.07, 6.45) is 0. The van der Waals surface area contributed by atoms with Crippen LogP contribution >= 0.6 is 11.3 Å². The van der Waals surface area contributed by atoms with Crippen molar-refractivity contribution in [2.45, 2.75) is 25.3 Å². The summed E-state index contributed by atoms with van der Waals surface area (Å²) in [5, 5.41) is 1.90. The van der Waals surface area contributed by atoms with Crippen molar-refractivity contribution in [3.63, 3.8) is 0 Å². The van der Waals surface area contributed by atoms with Crippen molar-refractivity contribution in [1.82, 2.24) is 0 Å². The van der Waals surface area contributed by atoms with Crippen LogP contribution in [0.1, 0.15) is 16.0 Å². The minimum absolute atomic E-state index is 0.0839. The van der Waals surface area contributed by atoms with Crippen molar-refractivity contribution in [2.75, 3.05) is 0 Å². The minimum atomic E-state index is -3.66. The maximum atomic E-state index is 11.9. The van der Waals surface area contributed by atoms with Crippen LogP contribution in [-0.4, -0.2) is 8.42 Å². The Morgan fingerprint density at radius 3 is 2.39 bits per heavy atom. The smallest absolute Gasteiger partial charge is 0.262 e. The zero-order chi connectivity index (χ0) is 13.2. The molecule has 2 rings (SSSR count). The molecule has 0 bridgehead atoms. The largest absolute Gasteiger partial charge is 0.297 e. The first-order chi connectivity index (χ1) is 8.47. The van der Waals surface area contributed by atoms with E-state index in [2.05, 4.69) is 0 Å². The van der Waals surface area contributed by atoms with Gasteiger partial charge in [0.1, 0.15) is 0 Å². The van der Waals surface area contributed by atoms with E-state index in [0.29, 0.717) is 0 Å². The average molecular weight is 282 g/mol. The van der Waals surface area contributed by atoms with Crippen LogP contribution in [0.25, 0.3) is 0 Å². The van der Waals surface area contributed by atoms with Gasteiger partial charge >= 0.3 is 0 Å². The van der Waals surface area contributed by atoms with Crippen LogP contribution in [0.2, 0.25) is 0 Å². The highest BCUT2D eigenvalue weighted by Gasteiger charge is 2.15. The lowest BCUT2D eigenvalue weighted by atomic mass is 10.2. The molecule has 0 fully saturated rings. The van der Waals surface area contributed by atoms with Crippen molar-refractivity contribution in [2.24, 2.45) is 0 Å². The van der Waals surface area contributed by atoms with Crippen LogP contribution in [0.15, 0.2) is 40.6 Å². The van der Waals surface area contributed by atoms with Gasteiger partial charge in [-0.25, -0.2) is 0 Å². The maximum absolute atomic E-state index is 11.9. The third kappa shape index (κ3) is 3.19. The zero-order valence-electron chi connectivity index (χ0n) is 10.2. The van der Waals surface area contributed by atoms with E-state index in [4.69, 9.17) is 4.18 Å². The standard InChI is InChI=1S/C13H14O3S2/c1-10-3-5-13(6-4-10)18(14,15)16-8-12-7-11(2)17-9-12/h3-7,9H,8H2,1-2H3. The molecule has 18 heavy (non-hydrogen) atoms. The molecule has 0 unspecified atom stereocenters. The van der Waals surface area contributed by atoms with E-state index in [-0.39, 0.29) is 11.5 Å². The maximum Gasteiger partial charge on any atom is 0.297 e. The number of hydrogen-bond donors (Lipinski definition) is 0. The molecule has 96 valence electrons. The van der Waals surface area contributed by atoms with E-state index < -0.39 is 10.1 Å². The van der Waals surface area contributed by atoms with Gasteiger partial charge in [-0.15, -0.1) is 11.3 Å². The van der Waals surface area contributed by atoms with Crippen molar-refractivity contribution in [1.29, 1.82) is 0 Å². The van der Waals surface area contributed by atoms with Crippen LogP contribution in [0, 0.1) is 13.8 Å². The van der Waals surface area contributed by atoms with Gasteiger partial charge in [-0.2, -0.15) is 8.42 Å². The van der Waals surface area contributed by atoms with E-state index in [0.717, 1.165) is 16.0 Å². The lowest BCUT2D eigenvalue weighted by Crippen LogP contribution is -2.06. The second kappa shape index (κ2) is 5.22. The number of rotatable bonds is 4. The Hall–Kier alpha value is -1.17. The summed E-state index contributed by atoms with van der Waals surface area (Å²) < 4.78 is 28.8. The monoisotopic (exact) mass is 282 g/mol. The molecular weight excluding hydrogens is 268 g/mol. The Morgan fingerprint density at radius 2 is 1.83 bits per heavy atom. The summed E-state index contributed by atoms with van der Waals surface area (Å²) in [7, 11) is -3.66. The molecule has 0 aliphatic carbocycles.